The largest absolute Gasteiger partial charge is 0.451 e. The van der Waals surface area contributed by atoms with E-state index in [9.17, 15) is 13.2 Å². The van der Waals surface area contributed by atoms with Gasteiger partial charge in [0.1, 0.15) is 11.6 Å². The van der Waals surface area contributed by atoms with E-state index >= 15 is 0 Å². The predicted molar refractivity (Wildman–Crippen MR) is 66.2 cm³/mol. The lowest BCUT2D eigenvalue weighted by molar-refractivity contribution is -0.144. The van der Waals surface area contributed by atoms with Crippen LogP contribution in [0.4, 0.5) is 24.8 Å². The first-order valence-corrected chi connectivity index (χ1v) is 5.90. The summed E-state index contributed by atoms with van der Waals surface area (Å²) in [5.74, 6) is -0.879. The van der Waals surface area contributed by atoms with Gasteiger partial charge >= 0.3 is 6.18 Å². The smallest absolute Gasteiger partial charge is 0.383 e. The highest BCUT2D eigenvalue weighted by Gasteiger charge is 2.35. The molecule has 1 aromatic rings. The number of anilines is 2. The van der Waals surface area contributed by atoms with Crippen molar-refractivity contribution in [2.45, 2.75) is 19.5 Å². The normalized spacial score (nSPS) is 11.4. The zero-order valence-electron chi connectivity index (χ0n) is 10.8. The molecule has 1 aromatic heterocycles. The monoisotopic (exact) mass is 278 g/mol. The van der Waals surface area contributed by atoms with Crippen molar-refractivity contribution in [3.8, 4) is 0 Å². The molecule has 1 rings (SSSR count). The quantitative estimate of drug-likeness (QED) is 0.750. The molecular weight excluding hydrogens is 261 g/mol. The van der Waals surface area contributed by atoms with Crippen molar-refractivity contribution >= 4 is 11.6 Å². The third kappa shape index (κ3) is 5.29. The van der Waals surface area contributed by atoms with E-state index in [-0.39, 0.29) is 11.6 Å². The molecule has 0 unspecified atom stereocenters. The first-order valence-electron chi connectivity index (χ1n) is 5.90. The lowest BCUT2D eigenvalue weighted by Gasteiger charge is -2.12. The lowest BCUT2D eigenvalue weighted by Crippen LogP contribution is -2.16. The summed E-state index contributed by atoms with van der Waals surface area (Å²) >= 11 is 0. The summed E-state index contributed by atoms with van der Waals surface area (Å²) < 4.78 is 42.8. The van der Waals surface area contributed by atoms with E-state index in [4.69, 9.17) is 4.74 Å². The molecule has 0 spiro atoms. The van der Waals surface area contributed by atoms with E-state index < -0.39 is 12.0 Å². The van der Waals surface area contributed by atoms with Crippen LogP contribution < -0.4 is 10.6 Å². The highest BCUT2D eigenvalue weighted by Crippen LogP contribution is 2.28. The zero-order valence-corrected chi connectivity index (χ0v) is 10.8. The number of nitrogens with zero attached hydrogens (tertiary/aromatic N) is 2. The van der Waals surface area contributed by atoms with Gasteiger partial charge in [0.05, 0.1) is 6.61 Å². The fourth-order valence-electron chi connectivity index (χ4n) is 1.29. The Morgan fingerprint density at radius 3 is 2.21 bits per heavy atom. The number of aromatic nitrogens is 2. The van der Waals surface area contributed by atoms with Gasteiger partial charge in [-0.2, -0.15) is 13.2 Å². The van der Waals surface area contributed by atoms with Gasteiger partial charge in [0.15, 0.2) is 0 Å². The molecule has 0 atom stereocenters. The summed E-state index contributed by atoms with van der Waals surface area (Å²) in [6.07, 6.45) is -3.78. The third-order valence-corrected chi connectivity index (χ3v) is 2.15. The Balaban J connectivity index is 2.89. The molecule has 0 radical (unpaired) electrons. The van der Waals surface area contributed by atoms with Crippen molar-refractivity contribution in [3.63, 3.8) is 0 Å². The van der Waals surface area contributed by atoms with Crippen LogP contribution in [0.15, 0.2) is 6.07 Å². The molecule has 5 nitrogen and oxygen atoms in total. The van der Waals surface area contributed by atoms with Crippen LogP contribution in [0.25, 0.3) is 0 Å². The van der Waals surface area contributed by atoms with Crippen molar-refractivity contribution in [3.05, 3.63) is 11.9 Å². The van der Waals surface area contributed by atoms with Gasteiger partial charge in [0.2, 0.25) is 5.82 Å². The van der Waals surface area contributed by atoms with Gasteiger partial charge in [-0.3, -0.25) is 0 Å². The third-order valence-electron chi connectivity index (χ3n) is 2.15. The molecule has 0 bridgehead atoms. The van der Waals surface area contributed by atoms with Crippen molar-refractivity contribution in [1.82, 2.24) is 9.97 Å². The summed E-state index contributed by atoms with van der Waals surface area (Å²) in [6.45, 7) is 3.21. The molecule has 0 aliphatic heterocycles. The number of halogens is 3. The Morgan fingerprint density at radius 1 is 1.16 bits per heavy atom. The van der Waals surface area contributed by atoms with E-state index in [0.29, 0.717) is 19.7 Å². The highest BCUT2D eigenvalue weighted by molar-refractivity contribution is 5.47. The summed E-state index contributed by atoms with van der Waals surface area (Å²) in [7, 11) is 1.51. The molecule has 19 heavy (non-hydrogen) atoms. The average Bonchev–Trinajstić information content (AvgIpc) is 2.35. The van der Waals surface area contributed by atoms with Crippen LogP contribution in [-0.2, 0) is 10.9 Å². The van der Waals surface area contributed by atoms with E-state index in [1.165, 1.54) is 13.2 Å². The molecule has 0 amide bonds. The standard InChI is InChI=1S/C11H17F3N4O/c1-3-4-15-8-7-9(16-5-6-19-2)18-10(17-8)11(12,13)14/h7H,3-6H2,1-2H3,(H2,15,16,17,18). The summed E-state index contributed by atoms with van der Waals surface area (Å²) in [5.41, 5.74) is 0. The number of hydrogen-bond donors (Lipinski definition) is 2. The summed E-state index contributed by atoms with van der Waals surface area (Å²) in [4.78, 5) is 6.89. The Hall–Kier alpha value is -1.57. The van der Waals surface area contributed by atoms with Gasteiger partial charge in [-0.05, 0) is 6.42 Å². The van der Waals surface area contributed by atoms with Crippen LogP contribution in [0.1, 0.15) is 19.2 Å². The number of alkyl halides is 3. The van der Waals surface area contributed by atoms with E-state index in [1.54, 1.807) is 0 Å². The summed E-state index contributed by atoms with van der Waals surface area (Å²) in [6, 6.07) is 1.44. The van der Waals surface area contributed by atoms with Gasteiger partial charge in [0.25, 0.3) is 0 Å². The maximum Gasteiger partial charge on any atom is 0.451 e. The minimum absolute atomic E-state index is 0.123. The van der Waals surface area contributed by atoms with Crippen LogP contribution >= 0.6 is 0 Å². The Morgan fingerprint density at radius 2 is 1.74 bits per heavy atom. The van der Waals surface area contributed by atoms with Crippen LogP contribution in [0.3, 0.4) is 0 Å². The molecule has 0 aliphatic carbocycles. The molecule has 2 N–H and O–H groups in total. The second kappa shape index (κ2) is 7.13. The maximum absolute atomic E-state index is 12.7. The fraction of sp³-hybridized carbons (Fsp3) is 0.636. The van der Waals surface area contributed by atoms with E-state index in [0.717, 1.165) is 6.42 Å². The Bertz CT molecular complexity index is 398. The predicted octanol–water partition coefficient (Wildman–Crippen LogP) is 2.38. The first-order chi connectivity index (χ1) is 8.97. The maximum atomic E-state index is 12.7. The Kier molecular flexibility index (Phi) is 5.81. The molecule has 0 saturated carbocycles. The molecule has 0 fully saturated rings. The van der Waals surface area contributed by atoms with E-state index in [2.05, 4.69) is 20.6 Å². The number of methoxy groups -OCH3 is 1. The van der Waals surface area contributed by atoms with Gasteiger partial charge in [-0.15, -0.1) is 0 Å². The molecule has 0 saturated heterocycles. The Labute approximate surface area is 109 Å². The molecule has 1 heterocycles. The number of hydrogen-bond acceptors (Lipinski definition) is 5. The minimum Gasteiger partial charge on any atom is -0.383 e. The van der Waals surface area contributed by atoms with Crippen LogP contribution in [0.2, 0.25) is 0 Å². The number of rotatable bonds is 7. The van der Waals surface area contributed by atoms with Gasteiger partial charge < -0.3 is 15.4 Å². The number of ether oxygens (including phenoxy) is 1. The van der Waals surface area contributed by atoms with Crippen LogP contribution in [0, 0.1) is 0 Å². The second-order valence-corrected chi connectivity index (χ2v) is 3.81. The molecule has 0 aliphatic rings. The molecule has 8 heteroatoms. The molecule has 108 valence electrons. The topological polar surface area (TPSA) is 59.1 Å². The average molecular weight is 278 g/mol. The van der Waals surface area contributed by atoms with Crippen molar-refractivity contribution in [1.29, 1.82) is 0 Å². The van der Waals surface area contributed by atoms with Crippen molar-refractivity contribution in [2.75, 3.05) is 37.4 Å². The van der Waals surface area contributed by atoms with Crippen LogP contribution in [0.5, 0.6) is 0 Å². The van der Waals surface area contributed by atoms with Gasteiger partial charge in [-0.1, -0.05) is 6.92 Å². The highest BCUT2D eigenvalue weighted by atomic mass is 19.4. The van der Waals surface area contributed by atoms with Gasteiger partial charge in [0, 0.05) is 26.3 Å². The SMILES string of the molecule is CCCNc1cc(NCCOC)nc(C(F)(F)F)n1. The van der Waals surface area contributed by atoms with Crippen LogP contribution in [-0.4, -0.2) is 36.8 Å². The first kappa shape index (κ1) is 15.5. The van der Waals surface area contributed by atoms with Gasteiger partial charge in [-0.25, -0.2) is 9.97 Å². The minimum atomic E-state index is -4.57. The van der Waals surface area contributed by atoms with Crippen molar-refractivity contribution in [2.24, 2.45) is 0 Å². The number of nitrogens with one attached hydrogen (secondary N) is 2. The zero-order chi connectivity index (χ0) is 14.3. The van der Waals surface area contributed by atoms with Crippen molar-refractivity contribution < 1.29 is 17.9 Å². The lowest BCUT2D eigenvalue weighted by atomic mass is 10.4. The fourth-order valence-corrected chi connectivity index (χ4v) is 1.29. The summed E-state index contributed by atoms with van der Waals surface area (Å²) in [5, 5.41) is 5.57. The molecular formula is C11H17F3N4O. The molecule has 0 aromatic carbocycles. The van der Waals surface area contributed by atoms with E-state index in [1.807, 2.05) is 6.92 Å². The second-order valence-electron chi connectivity index (χ2n) is 3.81.